The standard InChI is InChI=1S/C25H25N5O7S/c1-5-6-11-38-25-26-23-21(27-28-25)17-9-7-8-10-19(17)29(14(2)31)24(37-23)18-12-16(35-4)13-20(30(33)34)22(18)36-15(3)32/h7-10,12-13,24H,5-6,11H2,1-4H3/t24-/m0/s1. The molecule has 13 heteroatoms. The smallest absolute Gasteiger partial charge is 0.315 e. The SMILES string of the molecule is CCCCSc1nnc2c(n1)O[C@@H](c1cc(OC)cc([N+](=O)[O-])c1OC(C)=O)N(C(C)=O)c1ccccc1-2. The molecule has 3 aromatic rings. The third-order valence-corrected chi connectivity index (χ3v) is 6.52. The number of nitro groups is 1. The van der Waals surface area contributed by atoms with E-state index < -0.39 is 28.7 Å². The second-order valence-electron chi connectivity index (χ2n) is 8.24. The summed E-state index contributed by atoms with van der Waals surface area (Å²) >= 11 is 1.41. The number of anilines is 1. The van der Waals surface area contributed by atoms with Crippen LogP contribution in [0.3, 0.4) is 0 Å². The molecule has 12 nitrogen and oxygen atoms in total. The van der Waals surface area contributed by atoms with Gasteiger partial charge in [0.2, 0.25) is 28.9 Å². The predicted octanol–water partition coefficient (Wildman–Crippen LogP) is 4.72. The summed E-state index contributed by atoms with van der Waals surface area (Å²) in [7, 11) is 1.34. The molecule has 4 rings (SSSR count). The predicted molar refractivity (Wildman–Crippen MR) is 138 cm³/mol. The molecule has 1 aromatic heterocycles. The fourth-order valence-electron chi connectivity index (χ4n) is 3.92. The van der Waals surface area contributed by atoms with Gasteiger partial charge in [-0.25, -0.2) is 0 Å². The van der Waals surface area contributed by atoms with Crippen LogP contribution in [0.2, 0.25) is 0 Å². The first-order valence-electron chi connectivity index (χ1n) is 11.7. The zero-order chi connectivity index (χ0) is 27.4. The highest BCUT2D eigenvalue weighted by atomic mass is 32.2. The molecular formula is C25H25N5O7S. The minimum atomic E-state index is -1.33. The van der Waals surface area contributed by atoms with Crippen LogP contribution in [0.4, 0.5) is 11.4 Å². The summed E-state index contributed by atoms with van der Waals surface area (Å²) < 4.78 is 16.9. The summed E-state index contributed by atoms with van der Waals surface area (Å²) in [5.41, 5.74) is 0.710. The molecule has 0 unspecified atom stereocenters. The Hall–Kier alpha value is -4.26. The number of thioether (sulfide) groups is 1. The minimum Gasteiger partial charge on any atom is -0.496 e. The quantitative estimate of drug-likeness (QED) is 0.0978. The van der Waals surface area contributed by atoms with Crippen molar-refractivity contribution in [1.82, 2.24) is 15.2 Å². The summed E-state index contributed by atoms with van der Waals surface area (Å²) in [6, 6.07) is 9.49. The topological polar surface area (TPSA) is 147 Å². The molecule has 1 aliphatic rings. The van der Waals surface area contributed by atoms with Gasteiger partial charge in [-0.3, -0.25) is 24.6 Å². The van der Waals surface area contributed by atoms with Crippen molar-refractivity contribution >= 4 is 35.0 Å². The number of benzene rings is 2. The Bertz CT molecular complexity index is 1400. The van der Waals surface area contributed by atoms with E-state index in [0.717, 1.165) is 31.6 Å². The number of esters is 1. The molecule has 2 heterocycles. The number of nitrogens with zero attached hydrogens (tertiary/aromatic N) is 5. The van der Waals surface area contributed by atoms with E-state index in [1.54, 1.807) is 24.3 Å². The number of fused-ring (bicyclic) bond motifs is 3. The average Bonchev–Trinajstić information content (AvgIpc) is 3.02. The summed E-state index contributed by atoms with van der Waals surface area (Å²) in [6.45, 7) is 4.52. The second kappa shape index (κ2) is 11.4. The lowest BCUT2D eigenvalue weighted by molar-refractivity contribution is -0.385. The van der Waals surface area contributed by atoms with Gasteiger partial charge in [0, 0.05) is 25.2 Å². The summed E-state index contributed by atoms with van der Waals surface area (Å²) in [6.07, 6.45) is 0.621. The molecule has 1 atom stereocenters. The lowest BCUT2D eigenvalue weighted by Gasteiger charge is -2.30. The molecule has 2 aromatic carbocycles. The van der Waals surface area contributed by atoms with Crippen molar-refractivity contribution < 1.29 is 28.7 Å². The number of hydrogen-bond acceptors (Lipinski definition) is 11. The maximum Gasteiger partial charge on any atom is 0.315 e. The second-order valence-corrected chi connectivity index (χ2v) is 9.30. The number of methoxy groups -OCH3 is 1. The van der Waals surface area contributed by atoms with Crippen LogP contribution in [0.5, 0.6) is 17.4 Å². The molecule has 1 aliphatic heterocycles. The van der Waals surface area contributed by atoms with E-state index in [9.17, 15) is 19.7 Å². The van der Waals surface area contributed by atoms with E-state index in [4.69, 9.17) is 14.2 Å². The average molecular weight is 540 g/mol. The van der Waals surface area contributed by atoms with Crippen molar-refractivity contribution in [1.29, 1.82) is 0 Å². The Balaban J connectivity index is 1.99. The number of rotatable bonds is 8. The van der Waals surface area contributed by atoms with Crippen LogP contribution in [0, 0.1) is 10.1 Å². The first-order valence-corrected chi connectivity index (χ1v) is 12.7. The lowest BCUT2D eigenvalue weighted by Crippen LogP contribution is -2.36. The van der Waals surface area contributed by atoms with Crippen LogP contribution in [0.15, 0.2) is 41.6 Å². The fraction of sp³-hybridized carbons (Fsp3) is 0.320. The zero-order valence-corrected chi connectivity index (χ0v) is 22.0. The molecular weight excluding hydrogens is 514 g/mol. The Labute approximate surface area is 222 Å². The van der Waals surface area contributed by atoms with Gasteiger partial charge in [0.15, 0.2) is 5.69 Å². The van der Waals surface area contributed by atoms with Gasteiger partial charge in [-0.2, -0.15) is 4.98 Å². The Morgan fingerprint density at radius 1 is 1.21 bits per heavy atom. The van der Waals surface area contributed by atoms with Crippen LogP contribution < -0.4 is 19.1 Å². The third-order valence-electron chi connectivity index (χ3n) is 5.60. The van der Waals surface area contributed by atoms with Gasteiger partial charge in [-0.1, -0.05) is 43.3 Å². The number of carbonyl (C=O) groups is 2. The first kappa shape index (κ1) is 26.8. The Morgan fingerprint density at radius 2 is 1.97 bits per heavy atom. The summed E-state index contributed by atoms with van der Waals surface area (Å²) in [4.78, 5) is 42.2. The van der Waals surface area contributed by atoms with Crippen LogP contribution in [0.25, 0.3) is 11.3 Å². The van der Waals surface area contributed by atoms with Crippen molar-refractivity contribution in [3.63, 3.8) is 0 Å². The van der Waals surface area contributed by atoms with Crippen LogP contribution in [-0.2, 0) is 9.59 Å². The zero-order valence-electron chi connectivity index (χ0n) is 21.2. The van der Waals surface area contributed by atoms with E-state index in [0.29, 0.717) is 22.1 Å². The Kier molecular flexibility index (Phi) is 8.05. The number of amides is 1. The summed E-state index contributed by atoms with van der Waals surface area (Å²) in [5.74, 6) is -0.666. The minimum absolute atomic E-state index is 0.0166. The van der Waals surface area contributed by atoms with E-state index in [1.807, 2.05) is 0 Å². The highest BCUT2D eigenvalue weighted by molar-refractivity contribution is 7.99. The van der Waals surface area contributed by atoms with Crippen LogP contribution >= 0.6 is 11.8 Å². The van der Waals surface area contributed by atoms with Gasteiger partial charge in [0.25, 0.3) is 0 Å². The van der Waals surface area contributed by atoms with Crippen LogP contribution in [-0.4, -0.2) is 44.8 Å². The number of carbonyl (C=O) groups excluding carboxylic acids is 2. The largest absolute Gasteiger partial charge is 0.496 e. The van der Waals surface area contributed by atoms with E-state index in [-0.39, 0.29) is 22.9 Å². The normalized spacial score (nSPS) is 14.0. The van der Waals surface area contributed by atoms with Crippen LogP contribution in [0.1, 0.15) is 45.4 Å². The maximum absolute atomic E-state index is 13.1. The number of aromatic nitrogens is 3. The molecule has 198 valence electrons. The van der Waals surface area contributed by atoms with E-state index >= 15 is 0 Å². The van der Waals surface area contributed by atoms with Crippen molar-refractivity contribution in [3.8, 4) is 28.6 Å². The number of ether oxygens (including phenoxy) is 3. The van der Waals surface area contributed by atoms with Gasteiger partial charge in [-0.15, -0.1) is 10.2 Å². The monoisotopic (exact) mass is 539 g/mol. The summed E-state index contributed by atoms with van der Waals surface area (Å²) in [5, 5.41) is 20.9. The van der Waals surface area contributed by atoms with E-state index in [1.165, 1.54) is 36.8 Å². The van der Waals surface area contributed by atoms with Gasteiger partial charge in [0.05, 0.1) is 29.4 Å². The van der Waals surface area contributed by atoms with Gasteiger partial charge >= 0.3 is 11.7 Å². The van der Waals surface area contributed by atoms with Crippen molar-refractivity contribution in [3.05, 3.63) is 52.1 Å². The molecule has 0 fully saturated rings. The number of nitro benzene ring substituents is 1. The van der Waals surface area contributed by atoms with Crippen molar-refractivity contribution in [2.24, 2.45) is 0 Å². The lowest BCUT2D eigenvalue weighted by atomic mass is 10.1. The maximum atomic E-state index is 13.1. The number of unbranched alkanes of at least 4 members (excludes halogenated alkanes) is 1. The number of para-hydroxylation sites is 1. The number of hydrogen-bond donors (Lipinski definition) is 0. The molecule has 0 N–H and O–H groups in total. The molecule has 0 radical (unpaired) electrons. The van der Waals surface area contributed by atoms with Gasteiger partial charge in [0.1, 0.15) is 5.75 Å². The molecule has 0 saturated carbocycles. The molecule has 0 aliphatic carbocycles. The molecule has 0 spiro atoms. The molecule has 1 amide bonds. The van der Waals surface area contributed by atoms with Gasteiger partial charge < -0.3 is 14.2 Å². The highest BCUT2D eigenvalue weighted by Gasteiger charge is 2.39. The molecule has 38 heavy (non-hydrogen) atoms. The van der Waals surface area contributed by atoms with Gasteiger partial charge in [-0.05, 0) is 18.6 Å². The highest BCUT2D eigenvalue weighted by Crippen LogP contribution is 2.47. The molecule has 0 saturated heterocycles. The van der Waals surface area contributed by atoms with E-state index in [2.05, 4.69) is 22.1 Å². The van der Waals surface area contributed by atoms with Crippen molar-refractivity contribution in [2.45, 2.75) is 45.0 Å². The third kappa shape index (κ3) is 5.37. The Morgan fingerprint density at radius 3 is 2.63 bits per heavy atom. The fourth-order valence-corrected chi connectivity index (χ4v) is 4.79. The first-order chi connectivity index (χ1) is 18.2. The molecule has 0 bridgehead atoms. The van der Waals surface area contributed by atoms with Crippen molar-refractivity contribution in [2.75, 3.05) is 17.8 Å².